The first-order chi connectivity index (χ1) is 21.3. The molecule has 3 heterocycles. The van der Waals surface area contributed by atoms with E-state index in [0.29, 0.717) is 9.80 Å². The largest absolute Gasteiger partial charge is 0.488 e. The lowest BCUT2D eigenvalue weighted by Gasteiger charge is -2.35. The first-order valence-corrected chi connectivity index (χ1v) is 11.0. The number of carbonyl (C=O) groups is 3. The van der Waals surface area contributed by atoms with Crippen molar-refractivity contribution in [2.24, 2.45) is 0 Å². The Morgan fingerprint density at radius 2 is 1.97 bits per heavy atom. The van der Waals surface area contributed by atoms with Gasteiger partial charge < -0.3 is 14.4 Å². The summed E-state index contributed by atoms with van der Waals surface area (Å²) in [5.74, 6) is -4.90. The van der Waals surface area contributed by atoms with Crippen LogP contribution in [0.3, 0.4) is 0 Å². The lowest BCUT2D eigenvalue weighted by Crippen LogP contribution is -2.52. The summed E-state index contributed by atoms with van der Waals surface area (Å²) in [5, 5.41) is 1.64. The molecule has 190 valence electrons. The Morgan fingerprint density at radius 1 is 1.19 bits per heavy atom. The number of rotatable bonds is 6. The Balaban J connectivity index is 1.37. The molecule has 2 aromatic rings. The van der Waals surface area contributed by atoms with Crippen molar-refractivity contribution in [1.29, 1.82) is 0 Å². The van der Waals surface area contributed by atoms with E-state index >= 15 is 4.39 Å². The van der Waals surface area contributed by atoms with Crippen LogP contribution in [-0.2, 0) is 34.0 Å². The molecule has 0 bridgehead atoms. The maximum absolute atomic E-state index is 15.3. The van der Waals surface area contributed by atoms with Gasteiger partial charge in [0, 0.05) is 53.6 Å². The van der Waals surface area contributed by atoms with Crippen LogP contribution < -0.4 is 10.1 Å². The summed E-state index contributed by atoms with van der Waals surface area (Å²) >= 11 is 0. The van der Waals surface area contributed by atoms with Crippen LogP contribution in [0.15, 0.2) is 36.4 Å². The fourth-order valence-corrected chi connectivity index (χ4v) is 4.08. The molecule has 3 unspecified atom stereocenters. The maximum Gasteiger partial charge on any atom is 0.255 e. The average molecular weight is 507 g/mol. The number of fused-ring (bicyclic) bond motifs is 1. The van der Waals surface area contributed by atoms with Gasteiger partial charge in [0.25, 0.3) is 5.91 Å². The quantitative estimate of drug-likeness (QED) is 0.607. The number of ether oxygens (including phenoxy) is 2. The maximum atomic E-state index is 15.3. The van der Waals surface area contributed by atoms with E-state index in [9.17, 15) is 14.4 Å². The van der Waals surface area contributed by atoms with Gasteiger partial charge in [-0.3, -0.25) is 24.6 Å². The van der Waals surface area contributed by atoms with Crippen molar-refractivity contribution in [3.8, 4) is 5.75 Å². The second kappa shape index (κ2) is 9.99. The van der Waals surface area contributed by atoms with Crippen molar-refractivity contribution < 1.29 is 43.3 Å². The number of morpholine rings is 1. The Bertz CT molecular complexity index is 1660. The minimum atomic E-state index is -3.46. The van der Waals surface area contributed by atoms with Gasteiger partial charge in [0.05, 0.1) is 22.8 Å². The van der Waals surface area contributed by atoms with Gasteiger partial charge in [0.2, 0.25) is 11.8 Å². The molecule has 3 atom stereocenters. The zero-order valence-corrected chi connectivity index (χ0v) is 19.4. The molecule has 0 radical (unpaired) electrons. The number of hydrogen-bond acceptors (Lipinski definition) is 6. The van der Waals surface area contributed by atoms with Crippen LogP contribution in [0.4, 0.5) is 4.39 Å². The lowest BCUT2D eigenvalue weighted by atomic mass is 10.0. The Kier molecular flexibility index (Phi) is 4.01. The lowest BCUT2D eigenvalue weighted by molar-refractivity contribution is -0.136. The van der Waals surface area contributed by atoms with Gasteiger partial charge in [0.15, 0.2) is 0 Å². The van der Waals surface area contributed by atoms with Gasteiger partial charge in [-0.25, -0.2) is 4.39 Å². The minimum absolute atomic E-state index is 0.0112. The summed E-state index contributed by atoms with van der Waals surface area (Å²) in [6.45, 7) is -4.81. The summed E-state index contributed by atoms with van der Waals surface area (Å²) in [6, 6.07) is 4.66. The highest BCUT2D eigenvalue weighted by molar-refractivity contribution is 6.05. The number of imide groups is 1. The Morgan fingerprint density at radius 3 is 2.72 bits per heavy atom. The number of amides is 3. The normalized spacial score (nSPS) is 40.8. The molecule has 9 heteroatoms. The van der Waals surface area contributed by atoms with Crippen molar-refractivity contribution in [2.75, 3.05) is 13.0 Å². The highest BCUT2D eigenvalue weighted by atomic mass is 19.1. The van der Waals surface area contributed by atoms with Crippen molar-refractivity contribution in [3.05, 3.63) is 64.5 Å². The van der Waals surface area contributed by atoms with Gasteiger partial charge in [-0.1, -0.05) is 18.2 Å². The molecule has 0 aromatic heterocycles. The molecule has 0 spiro atoms. The number of hydrogen-bond donors (Lipinski definition) is 1. The average Bonchev–Trinajstić information content (AvgIpc) is 3.29. The number of nitrogens with zero attached hydrogens (tertiary/aromatic N) is 2. The van der Waals surface area contributed by atoms with Gasteiger partial charge >= 0.3 is 0 Å². The molecule has 0 aliphatic carbocycles. The van der Waals surface area contributed by atoms with Crippen LogP contribution in [0.1, 0.15) is 68.7 Å². The number of nitrogens with one attached hydrogen (secondary N) is 1. The highest BCUT2D eigenvalue weighted by Gasteiger charge is 2.40. The molecule has 3 aliphatic heterocycles. The molecular weight excluding hydrogens is 465 g/mol. The molecule has 2 saturated heterocycles. The summed E-state index contributed by atoms with van der Waals surface area (Å²) in [6.07, 6.45) is -11.5. The second-order valence-corrected chi connectivity index (χ2v) is 8.29. The number of carbonyl (C=O) groups excluding carboxylic acids is 3. The number of piperidine rings is 1. The van der Waals surface area contributed by atoms with Crippen molar-refractivity contribution in [2.45, 2.75) is 64.5 Å². The first kappa shape index (κ1) is 14.4. The fraction of sp³-hybridized carbons (Fsp3) is 0.444. The number of halogens is 1. The first-order valence-electron chi connectivity index (χ1n) is 16.5. The molecule has 5 rings (SSSR count). The SMILES string of the molecule is [2H]C1(C)OC([2H])(C)C([2H])([2H])N(Cc2ccc(COc3cccc4c3CN(C3([2H])C(=O)NC(=O)C([2H])([2H])C3([2H])[2H])C4=O)c(F)c2)C1([2H])[2H]. The van der Waals surface area contributed by atoms with Crippen molar-refractivity contribution >= 4 is 17.7 Å². The molecule has 3 amide bonds. The Labute approximate surface area is 224 Å². The summed E-state index contributed by atoms with van der Waals surface area (Å²) in [4.78, 5) is 39.3. The molecule has 2 aromatic carbocycles. The molecule has 1 N–H and O–H groups in total. The molecule has 36 heavy (non-hydrogen) atoms. The van der Waals surface area contributed by atoms with Gasteiger partial charge in [-0.2, -0.15) is 0 Å². The van der Waals surface area contributed by atoms with Crippen LogP contribution in [-0.4, -0.2) is 58.7 Å². The van der Waals surface area contributed by atoms with Crippen molar-refractivity contribution in [1.82, 2.24) is 15.1 Å². The van der Waals surface area contributed by atoms with E-state index in [1.54, 1.807) is 5.32 Å². The van der Waals surface area contributed by atoms with Gasteiger partial charge in [0.1, 0.15) is 24.2 Å². The third-order valence-corrected chi connectivity index (χ3v) is 5.66. The third-order valence-electron chi connectivity index (χ3n) is 5.66. The van der Waals surface area contributed by atoms with E-state index in [-0.39, 0.29) is 28.0 Å². The highest BCUT2D eigenvalue weighted by Crippen LogP contribution is 2.34. The summed E-state index contributed by atoms with van der Waals surface area (Å²) in [7, 11) is 0. The van der Waals surface area contributed by atoms with Crippen LogP contribution in [0.5, 0.6) is 5.75 Å². The van der Waals surface area contributed by atoms with Crippen LogP contribution in [0.2, 0.25) is 0 Å². The molecule has 3 aliphatic rings. The topological polar surface area (TPSA) is 88.2 Å². The predicted molar refractivity (Wildman–Crippen MR) is 129 cm³/mol. The van der Waals surface area contributed by atoms with Crippen molar-refractivity contribution in [3.63, 3.8) is 0 Å². The zero-order valence-electron chi connectivity index (χ0n) is 30.4. The van der Waals surface area contributed by atoms with E-state index in [1.165, 1.54) is 30.3 Å². The second-order valence-electron chi connectivity index (χ2n) is 8.29. The van der Waals surface area contributed by atoms with E-state index in [4.69, 9.17) is 24.6 Å². The fourth-order valence-electron chi connectivity index (χ4n) is 4.08. The van der Waals surface area contributed by atoms with Gasteiger partial charge in [-0.15, -0.1) is 0 Å². The summed E-state index contributed by atoms with van der Waals surface area (Å²) in [5.41, 5.74) is 0.134. The van der Waals surface area contributed by atoms with E-state index in [0.717, 1.165) is 19.9 Å². The van der Waals surface area contributed by atoms with Crippen LogP contribution in [0.25, 0.3) is 0 Å². The van der Waals surface area contributed by atoms with Crippen LogP contribution >= 0.6 is 0 Å². The summed E-state index contributed by atoms with van der Waals surface area (Å²) < 4.78 is 117. The third kappa shape index (κ3) is 4.99. The van der Waals surface area contributed by atoms with E-state index in [1.807, 2.05) is 0 Å². The molecular formula is C27H30FN3O5. The minimum Gasteiger partial charge on any atom is -0.488 e. The standard InChI is InChI=1S/C27H30FN3O5/c1-16-11-30(12-17(2)36-16)13-18-6-7-19(22(28)10-18)15-35-24-5-3-4-20-21(24)14-31(27(20)34)23-8-9-25(32)29-26(23)33/h3-7,10,16-17,23H,8-9,11-15H2,1-2H3,(H,29,32,33)/i8D2,9D2,11D2,12D2,16D,17D,23D. The molecule has 2 fully saturated rings. The van der Waals surface area contributed by atoms with Crippen LogP contribution in [0, 0.1) is 5.82 Å². The number of benzene rings is 2. The van der Waals surface area contributed by atoms with E-state index in [2.05, 4.69) is 0 Å². The van der Waals surface area contributed by atoms with Gasteiger partial charge in [-0.05, 0) is 44.0 Å². The Hall–Kier alpha value is -3.30. The smallest absolute Gasteiger partial charge is 0.255 e. The molecule has 8 nitrogen and oxygen atoms in total. The zero-order chi connectivity index (χ0) is 35.3. The predicted octanol–water partition coefficient (Wildman–Crippen LogP) is 2.77. The molecule has 0 saturated carbocycles. The van der Waals surface area contributed by atoms with E-state index < -0.39 is 87.2 Å². The monoisotopic (exact) mass is 506 g/mol.